The third-order valence-corrected chi connectivity index (χ3v) is 4.08. The summed E-state index contributed by atoms with van der Waals surface area (Å²) in [5.74, 6) is -0.882. The first kappa shape index (κ1) is 19.7. The smallest absolute Gasteiger partial charge is 0.287 e. The number of benzene rings is 1. The van der Waals surface area contributed by atoms with E-state index in [0.717, 1.165) is 0 Å². The Hall–Kier alpha value is -2.61. The molecule has 0 bridgehead atoms. The van der Waals surface area contributed by atoms with E-state index in [4.69, 9.17) is 4.42 Å². The fourth-order valence-electron chi connectivity index (χ4n) is 2.31. The fourth-order valence-corrected chi connectivity index (χ4v) is 2.62. The molecule has 0 aliphatic rings. The van der Waals surface area contributed by atoms with Gasteiger partial charge in [-0.3, -0.25) is 14.4 Å². The Balaban J connectivity index is 1.93. The standard InChI is InChI=1S/C18H20BrN3O4/c1-3-22(4-2)18(25)12-6-5-7-13(10-12)21-16(23)11-20-17(24)14-8-9-15(19)26-14/h5-10H,3-4,11H2,1-2H3,(H,20,24)(H,21,23). The molecule has 0 aliphatic carbocycles. The summed E-state index contributed by atoms with van der Waals surface area (Å²) in [5.41, 5.74) is 0.985. The molecule has 7 nitrogen and oxygen atoms in total. The molecule has 0 aliphatic heterocycles. The molecule has 3 amide bonds. The second-order valence-corrected chi connectivity index (χ2v) is 6.17. The van der Waals surface area contributed by atoms with Crippen LogP contribution in [0.1, 0.15) is 34.8 Å². The lowest BCUT2D eigenvalue weighted by molar-refractivity contribution is -0.115. The normalized spacial score (nSPS) is 10.3. The van der Waals surface area contributed by atoms with E-state index >= 15 is 0 Å². The van der Waals surface area contributed by atoms with Crippen molar-refractivity contribution in [2.75, 3.05) is 25.0 Å². The summed E-state index contributed by atoms with van der Waals surface area (Å²) in [6, 6.07) is 9.79. The van der Waals surface area contributed by atoms with Crippen molar-refractivity contribution in [3.8, 4) is 0 Å². The van der Waals surface area contributed by atoms with E-state index in [2.05, 4.69) is 26.6 Å². The number of carbonyl (C=O) groups excluding carboxylic acids is 3. The van der Waals surface area contributed by atoms with Gasteiger partial charge in [0.15, 0.2) is 10.4 Å². The highest BCUT2D eigenvalue weighted by Crippen LogP contribution is 2.14. The van der Waals surface area contributed by atoms with E-state index in [-0.39, 0.29) is 18.2 Å². The fraction of sp³-hybridized carbons (Fsp3) is 0.278. The monoisotopic (exact) mass is 421 g/mol. The van der Waals surface area contributed by atoms with Crippen molar-refractivity contribution in [3.05, 3.63) is 52.4 Å². The van der Waals surface area contributed by atoms with E-state index in [1.807, 2.05) is 13.8 Å². The lowest BCUT2D eigenvalue weighted by Gasteiger charge is -2.19. The van der Waals surface area contributed by atoms with Crippen LogP contribution in [-0.4, -0.2) is 42.3 Å². The Kier molecular flexibility index (Phi) is 6.97. The van der Waals surface area contributed by atoms with Gasteiger partial charge < -0.3 is 20.0 Å². The molecule has 0 radical (unpaired) electrons. The summed E-state index contributed by atoms with van der Waals surface area (Å²) in [6.07, 6.45) is 0. The molecule has 0 saturated heterocycles. The lowest BCUT2D eigenvalue weighted by Crippen LogP contribution is -2.33. The van der Waals surface area contributed by atoms with Crippen LogP contribution < -0.4 is 10.6 Å². The predicted molar refractivity (Wildman–Crippen MR) is 101 cm³/mol. The van der Waals surface area contributed by atoms with Gasteiger partial charge in [-0.2, -0.15) is 0 Å². The molecule has 1 aromatic carbocycles. The molecule has 138 valence electrons. The van der Waals surface area contributed by atoms with Gasteiger partial charge in [-0.25, -0.2) is 0 Å². The molecule has 2 N–H and O–H groups in total. The van der Waals surface area contributed by atoms with Crippen LogP contribution in [0.3, 0.4) is 0 Å². The summed E-state index contributed by atoms with van der Waals surface area (Å²) < 4.78 is 5.54. The highest BCUT2D eigenvalue weighted by molar-refractivity contribution is 9.10. The molecule has 0 fully saturated rings. The maximum Gasteiger partial charge on any atom is 0.287 e. The third kappa shape index (κ3) is 5.19. The average Bonchev–Trinajstić information content (AvgIpc) is 3.07. The van der Waals surface area contributed by atoms with Gasteiger partial charge in [-0.05, 0) is 60.1 Å². The van der Waals surface area contributed by atoms with Crippen molar-refractivity contribution >= 4 is 39.3 Å². The van der Waals surface area contributed by atoms with Gasteiger partial charge in [-0.1, -0.05) is 6.07 Å². The molecule has 0 saturated carbocycles. The summed E-state index contributed by atoms with van der Waals surface area (Å²) >= 11 is 3.11. The van der Waals surface area contributed by atoms with Crippen molar-refractivity contribution in [3.63, 3.8) is 0 Å². The summed E-state index contributed by atoms with van der Waals surface area (Å²) in [5, 5.41) is 5.13. The van der Waals surface area contributed by atoms with Gasteiger partial charge in [0.2, 0.25) is 5.91 Å². The Morgan fingerprint density at radius 1 is 1.12 bits per heavy atom. The Bertz CT molecular complexity index is 799. The first-order valence-corrected chi connectivity index (χ1v) is 8.96. The molecule has 0 spiro atoms. The minimum Gasteiger partial charge on any atom is -0.444 e. The van der Waals surface area contributed by atoms with Gasteiger partial charge >= 0.3 is 0 Å². The molecule has 26 heavy (non-hydrogen) atoms. The summed E-state index contributed by atoms with van der Waals surface area (Å²) in [7, 11) is 0. The number of halogens is 1. The maximum absolute atomic E-state index is 12.4. The first-order valence-electron chi connectivity index (χ1n) is 8.17. The number of furan rings is 1. The lowest BCUT2D eigenvalue weighted by atomic mass is 10.1. The molecule has 1 aromatic heterocycles. The quantitative estimate of drug-likeness (QED) is 0.718. The minimum atomic E-state index is -0.490. The van der Waals surface area contributed by atoms with E-state index < -0.39 is 11.8 Å². The zero-order chi connectivity index (χ0) is 19.1. The van der Waals surface area contributed by atoms with Crippen molar-refractivity contribution in [2.45, 2.75) is 13.8 Å². The van der Waals surface area contributed by atoms with Crippen molar-refractivity contribution < 1.29 is 18.8 Å². The summed E-state index contributed by atoms with van der Waals surface area (Å²) in [6.45, 7) is 4.83. The molecular formula is C18H20BrN3O4. The molecule has 8 heteroatoms. The number of amides is 3. The van der Waals surface area contributed by atoms with Crippen LogP contribution in [0.2, 0.25) is 0 Å². The molecule has 0 atom stereocenters. The van der Waals surface area contributed by atoms with Crippen LogP contribution in [0, 0.1) is 0 Å². The van der Waals surface area contributed by atoms with Gasteiger partial charge in [0.05, 0.1) is 6.54 Å². The SMILES string of the molecule is CCN(CC)C(=O)c1cccc(NC(=O)CNC(=O)c2ccc(Br)o2)c1. The van der Waals surface area contributed by atoms with E-state index in [9.17, 15) is 14.4 Å². The Labute approximate surface area is 159 Å². The molecule has 0 unspecified atom stereocenters. The number of nitrogens with zero attached hydrogens (tertiary/aromatic N) is 1. The van der Waals surface area contributed by atoms with Crippen LogP contribution >= 0.6 is 15.9 Å². The van der Waals surface area contributed by atoms with Crippen LogP contribution in [0.25, 0.3) is 0 Å². The van der Waals surface area contributed by atoms with Gasteiger partial charge in [0.25, 0.3) is 11.8 Å². The molecular weight excluding hydrogens is 402 g/mol. The van der Waals surface area contributed by atoms with Crippen molar-refractivity contribution in [1.82, 2.24) is 10.2 Å². The number of hydrogen-bond acceptors (Lipinski definition) is 4. The molecule has 2 aromatic rings. The second kappa shape index (κ2) is 9.19. The Morgan fingerprint density at radius 2 is 1.85 bits per heavy atom. The molecule has 2 rings (SSSR count). The van der Waals surface area contributed by atoms with E-state index in [1.54, 1.807) is 35.2 Å². The zero-order valence-electron chi connectivity index (χ0n) is 14.5. The first-order chi connectivity index (χ1) is 12.4. The Morgan fingerprint density at radius 3 is 2.46 bits per heavy atom. The number of rotatable bonds is 7. The molecule has 1 heterocycles. The van der Waals surface area contributed by atoms with Gasteiger partial charge in [0, 0.05) is 24.3 Å². The second-order valence-electron chi connectivity index (χ2n) is 5.39. The van der Waals surface area contributed by atoms with Gasteiger partial charge in [-0.15, -0.1) is 0 Å². The predicted octanol–water partition coefficient (Wildman–Crippen LogP) is 2.89. The van der Waals surface area contributed by atoms with Crippen molar-refractivity contribution in [2.24, 2.45) is 0 Å². The van der Waals surface area contributed by atoms with E-state index in [0.29, 0.717) is 29.0 Å². The maximum atomic E-state index is 12.4. The highest BCUT2D eigenvalue weighted by Gasteiger charge is 2.14. The third-order valence-electron chi connectivity index (χ3n) is 3.65. The number of anilines is 1. The average molecular weight is 422 g/mol. The van der Waals surface area contributed by atoms with Crippen LogP contribution in [0.5, 0.6) is 0 Å². The van der Waals surface area contributed by atoms with Crippen LogP contribution in [0.15, 0.2) is 45.5 Å². The number of nitrogens with one attached hydrogen (secondary N) is 2. The number of carbonyl (C=O) groups is 3. The summed E-state index contributed by atoms with van der Waals surface area (Å²) in [4.78, 5) is 37.9. The van der Waals surface area contributed by atoms with E-state index in [1.165, 1.54) is 6.07 Å². The largest absolute Gasteiger partial charge is 0.444 e. The highest BCUT2D eigenvalue weighted by atomic mass is 79.9. The minimum absolute atomic E-state index is 0.0946. The van der Waals surface area contributed by atoms with Crippen molar-refractivity contribution in [1.29, 1.82) is 0 Å². The number of hydrogen-bond donors (Lipinski definition) is 2. The van der Waals surface area contributed by atoms with Gasteiger partial charge in [0.1, 0.15) is 0 Å². The van der Waals surface area contributed by atoms with Crippen LogP contribution in [-0.2, 0) is 4.79 Å². The van der Waals surface area contributed by atoms with Crippen LogP contribution in [0.4, 0.5) is 5.69 Å². The topological polar surface area (TPSA) is 91.7 Å². The zero-order valence-corrected chi connectivity index (χ0v) is 16.1.